The molecule has 152 valence electrons. The van der Waals surface area contributed by atoms with Crippen LogP contribution in [0, 0.1) is 6.92 Å². The van der Waals surface area contributed by atoms with E-state index >= 15 is 0 Å². The standard InChI is InChI=1S/C22H20N4O3S/c1-13-6-5-9-15(10-13)23-20(28)16-11-17(27)24-19-18(16)21(29)26-22(25-19)30-12-14-7-3-2-4-8-14/h2-10,16H,11-12H2,1H3,(H,23,28)(H2,24,25,26,27,29)/t16-/m0/s1. The van der Waals surface area contributed by atoms with Gasteiger partial charge in [-0.25, -0.2) is 4.98 Å². The summed E-state index contributed by atoms with van der Waals surface area (Å²) in [5.41, 5.74) is 2.47. The molecule has 2 heterocycles. The summed E-state index contributed by atoms with van der Waals surface area (Å²) in [5.74, 6) is -0.889. The molecule has 30 heavy (non-hydrogen) atoms. The Kier molecular flexibility index (Phi) is 5.67. The van der Waals surface area contributed by atoms with Crippen LogP contribution in [0.25, 0.3) is 0 Å². The summed E-state index contributed by atoms with van der Waals surface area (Å²) in [6.07, 6.45) is -0.105. The number of hydrogen-bond donors (Lipinski definition) is 3. The maximum absolute atomic E-state index is 12.9. The molecule has 0 aliphatic carbocycles. The SMILES string of the molecule is Cc1cccc(NC(=O)[C@H]2CC(=O)Nc3nc(SCc4ccccc4)[nH]c(=O)c32)c1. The lowest BCUT2D eigenvalue weighted by Crippen LogP contribution is -2.36. The molecule has 1 atom stereocenters. The molecule has 0 saturated heterocycles. The number of thioether (sulfide) groups is 1. The minimum atomic E-state index is -0.904. The quantitative estimate of drug-likeness (QED) is 0.433. The zero-order valence-electron chi connectivity index (χ0n) is 16.3. The largest absolute Gasteiger partial charge is 0.326 e. The van der Waals surface area contributed by atoms with Crippen molar-refractivity contribution in [3.05, 3.63) is 81.6 Å². The van der Waals surface area contributed by atoms with Crippen LogP contribution in [0.5, 0.6) is 0 Å². The molecule has 4 rings (SSSR count). The van der Waals surface area contributed by atoms with Gasteiger partial charge in [0.1, 0.15) is 5.82 Å². The van der Waals surface area contributed by atoms with Gasteiger partial charge in [0.05, 0.1) is 11.5 Å². The van der Waals surface area contributed by atoms with Gasteiger partial charge in [-0.3, -0.25) is 14.4 Å². The average Bonchev–Trinajstić information content (AvgIpc) is 2.72. The number of carbonyl (C=O) groups is 2. The van der Waals surface area contributed by atoms with Gasteiger partial charge in [-0.05, 0) is 30.2 Å². The van der Waals surface area contributed by atoms with Crippen molar-refractivity contribution in [3.8, 4) is 0 Å². The fourth-order valence-corrected chi connectivity index (χ4v) is 4.14. The Balaban J connectivity index is 1.58. The van der Waals surface area contributed by atoms with E-state index in [1.54, 1.807) is 6.07 Å². The van der Waals surface area contributed by atoms with Crippen LogP contribution in [0.15, 0.2) is 64.5 Å². The van der Waals surface area contributed by atoms with E-state index in [9.17, 15) is 14.4 Å². The van der Waals surface area contributed by atoms with Crippen LogP contribution < -0.4 is 16.2 Å². The number of aromatic amines is 1. The van der Waals surface area contributed by atoms with E-state index in [4.69, 9.17) is 0 Å². The first kappa shape index (κ1) is 19.9. The second-order valence-corrected chi connectivity index (χ2v) is 8.04. The summed E-state index contributed by atoms with van der Waals surface area (Å²) in [5, 5.41) is 5.82. The van der Waals surface area contributed by atoms with Gasteiger partial charge < -0.3 is 15.6 Å². The summed E-state index contributed by atoms with van der Waals surface area (Å²) in [6.45, 7) is 1.92. The van der Waals surface area contributed by atoms with Gasteiger partial charge in [0.25, 0.3) is 5.56 Å². The Labute approximate surface area is 177 Å². The van der Waals surface area contributed by atoms with Gasteiger partial charge >= 0.3 is 0 Å². The van der Waals surface area contributed by atoms with Crippen molar-refractivity contribution in [3.63, 3.8) is 0 Å². The highest BCUT2D eigenvalue weighted by molar-refractivity contribution is 7.98. The lowest BCUT2D eigenvalue weighted by atomic mass is 9.92. The van der Waals surface area contributed by atoms with Crippen LogP contribution >= 0.6 is 11.8 Å². The van der Waals surface area contributed by atoms with E-state index in [0.717, 1.165) is 11.1 Å². The summed E-state index contributed by atoms with van der Waals surface area (Å²) in [4.78, 5) is 45.0. The van der Waals surface area contributed by atoms with Crippen LogP contribution in [-0.2, 0) is 15.3 Å². The summed E-state index contributed by atoms with van der Waals surface area (Å²) in [6, 6.07) is 17.1. The molecule has 3 aromatic rings. The van der Waals surface area contributed by atoms with Crippen molar-refractivity contribution < 1.29 is 9.59 Å². The number of nitrogens with zero attached hydrogens (tertiary/aromatic N) is 1. The van der Waals surface area contributed by atoms with Crippen LogP contribution in [0.2, 0.25) is 0 Å². The van der Waals surface area contributed by atoms with Gasteiger partial charge in [-0.2, -0.15) is 0 Å². The number of H-pyrrole nitrogens is 1. The predicted molar refractivity (Wildman–Crippen MR) is 117 cm³/mol. The molecule has 0 fully saturated rings. The molecule has 0 spiro atoms. The van der Waals surface area contributed by atoms with E-state index in [1.807, 2.05) is 55.5 Å². The van der Waals surface area contributed by atoms with Crippen molar-refractivity contribution in [1.29, 1.82) is 0 Å². The maximum Gasteiger partial charge on any atom is 0.257 e. The van der Waals surface area contributed by atoms with Crippen LogP contribution in [0.4, 0.5) is 11.5 Å². The Hall–Kier alpha value is -3.39. The Morgan fingerprint density at radius 2 is 1.97 bits per heavy atom. The minimum absolute atomic E-state index is 0.105. The molecule has 0 saturated carbocycles. The number of amides is 2. The number of nitrogens with one attached hydrogen (secondary N) is 3. The second-order valence-electron chi connectivity index (χ2n) is 7.07. The highest BCUT2D eigenvalue weighted by atomic mass is 32.2. The number of benzene rings is 2. The molecular formula is C22H20N4O3S. The fourth-order valence-electron chi connectivity index (χ4n) is 3.32. The van der Waals surface area contributed by atoms with E-state index in [1.165, 1.54) is 11.8 Å². The number of anilines is 2. The molecule has 1 aliphatic heterocycles. The molecule has 2 amide bonds. The van der Waals surface area contributed by atoms with E-state index in [0.29, 0.717) is 16.6 Å². The van der Waals surface area contributed by atoms with Crippen LogP contribution in [0.3, 0.4) is 0 Å². The van der Waals surface area contributed by atoms with Crippen molar-refractivity contribution in [1.82, 2.24) is 9.97 Å². The molecule has 1 aliphatic rings. The van der Waals surface area contributed by atoms with Crippen molar-refractivity contribution >= 4 is 35.1 Å². The van der Waals surface area contributed by atoms with Crippen LogP contribution in [-0.4, -0.2) is 21.8 Å². The minimum Gasteiger partial charge on any atom is -0.326 e. The first-order valence-electron chi connectivity index (χ1n) is 9.48. The Bertz CT molecular complexity index is 1160. The molecule has 0 bridgehead atoms. The molecule has 1 aromatic heterocycles. The van der Waals surface area contributed by atoms with Gasteiger partial charge in [-0.1, -0.05) is 54.2 Å². The maximum atomic E-state index is 12.9. The molecule has 8 heteroatoms. The normalized spacial score (nSPS) is 15.2. The van der Waals surface area contributed by atoms with Crippen molar-refractivity contribution in [2.75, 3.05) is 10.6 Å². The van der Waals surface area contributed by atoms with Gasteiger partial charge in [-0.15, -0.1) is 0 Å². The van der Waals surface area contributed by atoms with E-state index in [-0.39, 0.29) is 23.7 Å². The predicted octanol–water partition coefficient (Wildman–Crippen LogP) is 3.44. The highest BCUT2D eigenvalue weighted by Crippen LogP contribution is 2.31. The Morgan fingerprint density at radius 3 is 2.73 bits per heavy atom. The second kappa shape index (κ2) is 8.54. The lowest BCUT2D eigenvalue weighted by molar-refractivity contribution is -0.123. The fraction of sp³-hybridized carbons (Fsp3) is 0.182. The number of hydrogen-bond acceptors (Lipinski definition) is 5. The average molecular weight is 420 g/mol. The number of rotatable bonds is 5. The zero-order chi connectivity index (χ0) is 21.1. The number of fused-ring (bicyclic) bond motifs is 1. The molecule has 2 aromatic carbocycles. The first-order chi connectivity index (χ1) is 14.5. The highest BCUT2D eigenvalue weighted by Gasteiger charge is 2.34. The molecule has 3 N–H and O–H groups in total. The summed E-state index contributed by atoms with van der Waals surface area (Å²) < 4.78 is 0. The topological polar surface area (TPSA) is 104 Å². The third kappa shape index (κ3) is 4.44. The summed E-state index contributed by atoms with van der Waals surface area (Å²) in [7, 11) is 0. The molecular weight excluding hydrogens is 400 g/mol. The van der Waals surface area contributed by atoms with Crippen molar-refractivity contribution in [2.24, 2.45) is 0 Å². The molecule has 0 unspecified atom stereocenters. The first-order valence-corrected chi connectivity index (χ1v) is 10.5. The molecule has 0 radical (unpaired) electrons. The lowest BCUT2D eigenvalue weighted by Gasteiger charge is -2.23. The van der Waals surface area contributed by atoms with Gasteiger partial charge in [0.2, 0.25) is 11.8 Å². The van der Waals surface area contributed by atoms with Gasteiger partial charge in [0.15, 0.2) is 5.16 Å². The Morgan fingerprint density at radius 1 is 1.17 bits per heavy atom. The molecule has 7 nitrogen and oxygen atoms in total. The third-order valence-corrected chi connectivity index (χ3v) is 5.69. The van der Waals surface area contributed by atoms with E-state index < -0.39 is 17.4 Å². The van der Waals surface area contributed by atoms with E-state index in [2.05, 4.69) is 20.6 Å². The number of aromatic nitrogens is 2. The monoisotopic (exact) mass is 420 g/mol. The van der Waals surface area contributed by atoms with Crippen molar-refractivity contribution in [2.45, 2.75) is 30.2 Å². The number of carbonyl (C=O) groups excluding carboxylic acids is 2. The third-order valence-electron chi connectivity index (χ3n) is 4.75. The smallest absolute Gasteiger partial charge is 0.257 e. The number of aryl methyl sites for hydroxylation is 1. The van der Waals surface area contributed by atoms with Crippen LogP contribution in [0.1, 0.15) is 29.0 Å². The van der Waals surface area contributed by atoms with Gasteiger partial charge in [0, 0.05) is 17.9 Å². The zero-order valence-corrected chi connectivity index (χ0v) is 17.1. The summed E-state index contributed by atoms with van der Waals surface area (Å²) >= 11 is 1.36.